The molecular formula is C14H30BrP. The van der Waals surface area contributed by atoms with E-state index >= 15 is 0 Å². The van der Waals surface area contributed by atoms with Gasteiger partial charge in [-0.1, -0.05) is 50.9 Å². The van der Waals surface area contributed by atoms with Crippen LogP contribution < -0.4 is 0 Å². The largest absolute Gasteiger partial charge is 0.114 e. The number of halogens is 1. The van der Waals surface area contributed by atoms with E-state index in [1.165, 1.54) is 57.8 Å². The number of unbranched alkanes of at least 4 members (excludes halogenated alkanes) is 3. The Bertz CT molecular complexity index is 166. The minimum atomic E-state index is 0. The molecule has 16 heavy (non-hydrogen) atoms. The lowest BCUT2D eigenvalue weighted by Crippen LogP contribution is -1.89. The van der Waals surface area contributed by atoms with Gasteiger partial charge in [0.1, 0.15) is 0 Å². The van der Waals surface area contributed by atoms with Crippen molar-refractivity contribution in [1.29, 1.82) is 0 Å². The molecule has 0 bridgehead atoms. The van der Waals surface area contributed by atoms with E-state index in [9.17, 15) is 0 Å². The molecule has 1 unspecified atom stereocenters. The van der Waals surface area contributed by atoms with E-state index in [2.05, 4.69) is 30.0 Å². The van der Waals surface area contributed by atoms with Gasteiger partial charge in [0.2, 0.25) is 0 Å². The topological polar surface area (TPSA) is 0 Å². The number of allylic oxidation sites excluding steroid dienone is 2. The van der Waals surface area contributed by atoms with E-state index in [0.29, 0.717) is 0 Å². The van der Waals surface area contributed by atoms with Gasteiger partial charge in [0.15, 0.2) is 0 Å². The summed E-state index contributed by atoms with van der Waals surface area (Å²) in [5.74, 6) is 0. The monoisotopic (exact) mass is 308 g/mol. The fraction of sp³-hybridized carbons (Fsp3) is 0.857. The first-order chi connectivity index (χ1) is 7.26. The third-order valence-corrected chi connectivity index (χ3v) is 3.61. The quantitative estimate of drug-likeness (QED) is 0.441. The molecule has 1 atom stereocenters. The second kappa shape index (κ2) is 13.7. The van der Waals surface area contributed by atoms with E-state index in [0.717, 1.165) is 0 Å². The molecular weight excluding hydrogens is 279 g/mol. The van der Waals surface area contributed by atoms with Gasteiger partial charge in [-0.3, -0.25) is 0 Å². The standard InChI is InChI=1S/C14H29P.BrH/c1-4-7-10-13(11-8-5-2)14(15)12-9-6-3;/h4-12,15H2,1-3H3;1H. The van der Waals surface area contributed by atoms with Crippen LogP contribution in [-0.4, -0.2) is 0 Å². The van der Waals surface area contributed by atoms with Gasteiger partial charge in [-0.05, 0) is 38.5 Å². The van der Waals surface area contributed by atoms with Gasteiger partial charge in [0.05, 0.1) is 0 Å². The second-order valence-electron chi connectivity index (χ2n) is 4.44. The van der Waals surface area contributed by atoms with Crippen LogP contribution in [0, 0.1) is 0 Å². The fourth-order valence-electron chi connectivity index (χ4n) is 1.77. The van der Waals surface area contributed by atoms with Crippen molar-refractivity contribution in [1.82, 2.24) is 0 Å². The van der Waals surface area contributed by atoms with Crippen molar-refractivity contribution in [2.75, 3.05) is 0 Å². The van der Waals surface area contributed by atoms with Crippen LogP contribution in [0.2, 0.25) is 0 Å². The first kappa shape index (κ1) is 19.0. The Balaban J connectivity index is 0. The predicted octanol–water partition coefficient (Wildman–Crippen LogP) is 6.26. The summed E-state index contributed by atoms with van der Waals surface area (Å²) in [5.41, 5.74) is 1.73. The van der Waals surface area contributed by atoms with Crippen molar-refractivity contribution < 1.29 is 0 Å². The predicted molar refractivity (Wildman–Crippen MR) is 85.6 cm³/mol. The molecule has 0 radical (unpaired) electrons. The molecule has 0 N–H and O–H groups in total. The van der Waals surface area contributed by atoms with Gasteiger partial charge in [0, 0.05) is 0 Å². The lowest BCUT2D eigenvalue weighted by atomic mass is 10.0. The average Bonchev–Trinajstić information content (AvgIpc) is 2.26. The number of hydrogen-bond donors (Lipinski definition) is 0. The summed E-state index contributed by atoms with van der Waals surface area (Å²) in [4.78, 5) is 0. The van der Waals surface area contributed by atoms with Gasteiger partial charge in [-0.15, -0.1) is 26.2 Å². The summed E-state index contributed by atoms with van der Waals surface area (Å²) in [6.45, 7) is 6.84. The minimum Gasteiger partial charge on any atom is -0.114 e. The summed E-state index contributed by atoms with van der Waals surface area (Å²) < 4.78 is 0. The fourth-order valence-corrected chi connectivity index (χ4v) is 2.26. The van der Waals surface area contributed by atoms with Crippen molar-refractivity contribution in [3.05, 3.63) is 10.9 Å². The molecule has 0 fully saturated rings. The molecule has 0 aromatic rings. The van der Waals surface area contributed by atoms with E-state index in [4.69, 9.17) is 0 Å². The van der Waals surface area contributed by atoms with Crippen LogP contribution in [0.5, 0.6) is 0 Å². The SMILES string of the molecule is Br.CCCCC(P)=C(CCCC)CCCC. The molecule has 0 heterocycles. The Morgan fingerprint density at radius 3 is 1.50 bits per heavy atom. The highest BCUT2D eigenvalue weighted by Gasteiger charge is 2.02. The zero-order chi connectivity index (χ0) is 11.5. The Morgan fingerprint density at radius 1 is 0.750 bits per heavy atom. The molecule has 0 saturated heterocycles. The summed E-state index contributed by atoms with van der Waals surface area (Å²) in [6.07, 6.45) is 12.0. The van der Waals surface area contributed by atoms with Crippen LogP contribution in [0.15, 0.2) is 10.9 Å². The first-order valence-electron chi connectivity index (χ1n) is 6.72. The van der Waals surface area contributed by atoms with Gasteiger partial charge >= 0.3 is 0 Å². The zero-order valence-electron chi connectivity index (χ0n) is 11.3. The molecule has 0 amide bonds. The third kappa shape index (κ3) is 9.85. The van der Waals surface area contributed by atoms with E-state index in [1.54, 1.807) is 10.9 Å². The third-order valence-electron chi connectivity index (χ3n) is 2.92. The summed E-state index contributed by atoms with van der Waals surface area (Å²) in [5, 5.41) is 1.61. The molecule has 0 rings (SSSR count). The summed E-state index contributed by atoms with van der Waals surface area (Å²) >= 11 is 0. The zero-order valence-corrected chi connectivity index (χ0v) is 14.2. The van der Waals surface area contributed by atoms with E-state index < -0.39 is 0 Å². The normalized spacial score (nSPS) is 9.75. The van der Waals surface area contributed by atoms with Crippen LogP contribution in [0.25, 0.3) is 0 Å². The average molecular weight is 309 g/mol. The van der Waals surface area contributed by atoms with Gasteiger partial charge in [-0.2, -0.15) is 0 Å². The van der Waals surface area contributed by atoms with E-state index in [-0.39, 0.29) is 17.0 Å². The summed E-state index contributed by atoms with van der Waals surface area (Å²) in [6, 6.07) is 0. The first-order valence-corrected chi connectivity index (χ1v) is 7.30. The Labute approximate surface area is 116 Å². The molecule has 0 aliphatic rings. The molecule has 98 valence electrons. The highest BCUT2D eigenvalue weighted by molar-refractivity contribution is 8.93. The van der Waals surface area contributed by atoms with Crippen LogP contribution in [0.4, 0.5) is 0 Å². The van der Waals surface area contributed by atoms with Crippen LogP contribution in [0.3, 0.4) is 0 Å². The Hall–Kier alpha value is 0.650. The van der Waals surface area contributed by atoms with Crippen molar-refractivity contribution >= 4 is 26.2 Å². The smallest absolute Gasteiger partial charge is 0.0280 e. The molecule has 0 aromatic heterocycles. The van der Waals surface area contributed by atoms with Crippen molar-refractivity contribution in [2.45, 2.75) is 78.6 Å². The van der Waals surface area contributed by atoms with Gasteiger partial charge < -0.3 is 0 Å². The van der Waals surface area contributed by atoms with Crippen molar-refractivity contribution in [3.63, 3.8) is 0 Å². The molecule has 2 heteroatoms. The number of hydrogen-bond acceptors (Lipinski definition) is 0. The highest BCUT2D eigenvalue weighted by atomic mass is 79.9. The Morgan fingerprint density at radius 2 is 1.12 bits per heavy atom. The second-order valence-corrected chi connectivity index (χ2v) is 5.14. The van der Waals surface area contributed by atoms with Gasteiger partial charge in [0.25, 0.3) is 0 Å². The molecule has 0 saturated carbocycles. The molecule has 0 aromatic carbocycles. The van der Waals surface area contributed by atoms with Crippen molar-refractivity contribution in [2.24, 2.45) is 0 Å². The maximum atomic E-state index is 2.99. The molecule has 0 nitrogen and oxygen atoms in total. The van der Waals surface area contributed by atoms with Gasteiger partial charge in [-0.25, -0.2) is 0 Å². The lowest BCUT2D eigenvalue weighted by Gasteiger charge is -2.11. The molecule has 0 aliphatic carbocycles. The maximum absolute atomic E-state index is 2.99. The lowest BCUT2D eigenvalue weighted by molar-refractivity contribution is 0.699. The van der Waals surface area contributed by atoms with Crippen LogP contribution in [-0.2, 0) is 0 Å². The van der Waals surface area contributed by atoms with Crippen LogP contribution in [0.1, 0.15) is 78.6 Å². The maximum Gasteiger partial charge on any atom is -0.0280 e. The molecule has 0 spiro atoms. The summed E-state index contributed by atoms with van der Waals surface area (Å²) in [7, 11) is 2.99. The number of rotatable bonds is 9. The Kier molecular flexibility index (Phi) is 16.3. The van der Waals surface area contributed by atoms with Crippen LogP contribution >= 0.6 is 26.2 Å². The molecule has 0 aliphatic heterocycles. The van der Waals surface area contributed by atoms with E-state index in [1.807, 2.05) is 0 Å². The van der Waals surface area contributed by atoms with Crippen molar-refractivity contribution in [3.8, 4) is 0 Å². The highest BCUT2D eigenvalue weighted by Crippen LogP contribution is 2.27. The minimum absolute atomic E-state index is 0.